The van der Waals surface area contributed by atoms with Crippen molar-refractivity contribution < 1.29 is 32.3 Å². The topological polar surface area (TPSA) is 151 Å². The summed E-state index contributed by atoms with van der Waals surface area (Å²) in [6.07, 6.45) is 1.81. The predicted molar refractivity (Wildman–Crippen MR) is 161 cm³/mol. The molecule has 11 nitrogen and oxygen atoms in total. The van der Waals surface area contributed by atoms with Crippen LogP contribution < -0.4 is 15.4 Å². The molecule has 1 saturated heterocycles. The minimum Gasteiger partial charge on any atom is -0.444 e. The van der Waals surface area contributed by atoms with E-state index in [9.17, 15) is 27.6 Å². The fourth-order valence-corrected chi connectivity index (χ4v) is 7.00. The van der Waals surface area contributed by atoms with E-state index in [1.807, 2.05) is 58.0 Å². The van der Waals surface area contributed by atoms with Crippen LogP contribution in [0.2, 0.25) is 0 Å². The monoisotopic (exact) mass is 618 g/mol. The Hall–Kier alpha value is -3.15. The second-order valence-corrected chi connectivity index (χ2v) is 16.8. The molecule has 3 fully saturated rings. The molecule has 2 saturated carbocycles. The van der Waals surface area contributed by atoms with Crippen molar-refractivity contribution in [2.75, 3.05) is 6.54 Å². The van der Waals surface area contributed by atoms with Crippen LogP contribution in [0, 0.1) is 10.8 Å². The molecule has 2 aliphatic carbocycles. The molecule has 0 aromatic heterocycles. The minimum absolute atomic E-state index is 0.247. The van der Waals surface area contributed by atoms with Gasteiger partial charge in [-0.25, -0.2) is 13.2 Å². The van der Waals surface area contributed by atoms with E-state index in [4.69, 9.17) is 4.74 Å². The average molecular weight is 619 g/mol. The van der Waals surface area contributed by atoms with E-state index in [-0.39, 0.29) is 6.54 Å². The number of hydrogen-bond acceptors (Lipinski definition) is 7. The lowest BCUT2D eigenvalue weighted by atomic mass is 9.81. The highest BCUT2D eigenvalue weighted by Gasteiger charge is 2.56. The lowest BCUT2D eigenvalue weighted by Gasteiger charge is -2.36. The van der Waals surface area contributed by atoms with Gasteiger partial charge in [-0.1, -0.05) is 58.0 Å². The Labute approximate surface area is 254 Å². The molecule has 12 heteroatoms. The summed E-state index contributed by atoms with van der Waals surface area (Å²) >= 11 is 0. The van der Waals surface area contributed by atoms with Crippen LogP contribution in [0.4, 0.5) is 4.79 Å². The summed E-state index contributed by atoms with van der Waals surface area (Å²) in [6, 6.07) is 7.86. The SMILES string of the molecule is CC(C)(C)OC(=O)N[C@H](C(=O)N1C[C@](C)(Cc2ccccc2)C[C@H]1C(=O)NC1(C(=O)NS(=O)(=O)C2CC2)CC1)C(C)(C)C. The fraction of sp³-hybridized carbons (Fsp3) is 0.677. The van der Waals surface area contributed by atoms with Gasteiger partial charge >= 0.3 is 6.09 Å². The third-order valence-corrected chi connectivity index (χ3v) is 10.0. The standard InChI is InChI=1S/C31H46N4O7S/c1-28(2,3)23(32-27(39)42-29(4,5)6)25(37)35-19-30(7,17-20-11-9-8-10-12-20)18-22(35)24(36)33-31(15-16-31)26(38)34-43(40,41)21-13-14-21/h8-12,21-23H,13-19H2,1-7H3,(H,32,39)(H,33,36)(H,34,38)/t22-,23+,30+/m0/s1. The van der Waals surface area contributed by atoms with Gasteiger partial charge in [0.1, 0.15) is 23.2 Å². The summed E-state index contributed by atoms with van der Waals surface area (Å²) in [5, 5.41) is 4.97. The first-order valence-electron chi connectivity index (χ1n) is 15.0. The van der Waals surface area contributed by atoms with E-state index in [2.05, 4.69) is 15.4 Å². The zero-order chi connectivity index (χ0) is 32.0. The van der Waals surface area contributed by atoms with Crippen molar-refractivity contribution in [3.8, 4) is 0 Å². The van der Waals surface area contributed by atoms with E-state index >= 15 is 0 Å². The molecule has 3 aliphatic rings. The number of rotatable bonds is 9. The molecule has 1 heterocycles. The Morgan fingerprint density at radius 3 is 2.14 bits per heavy atom. The largest absolute Gasteiger partial charge is 0.444 e. The maximum absolute atomic E-state index is 14.3. The zero-order valence-electron chi connectivity index (χ0n) is 26.3. The van der Waals surface area contributed by atoms with E-state index in [0.29, 0.717) is 38.5 Å². The van der Waals surface area contributed by atoms with Crippen LogP contribution in [0.1, 0.15) is 86.1 Å². The molecule has 238 valence electrons. The van der Waals surface area contributed by atoms with Gasteiger partial charge in [-0.15, -0.1) is 0 Å². The van der Waals surface area contributed by atoms with E-state index in [1.165, 1.54) is 4.90 Å². The van der Waals surface area contributed by atoms with Crippen LogP contribution in [-0.2, 0) is 35.6 Å². The van der Waals surface area contributed by atoms with Crippen LogP contribution in [0.15, 0.2) is 30.3 Å². The van der Waals surface area contributed by atoms with E-state index < -0.39 is 73.1 Å². The maximum atomic E-state index is 14.3. The van der Waals surface area contributed by atoms with Crippen molar-refractivity contribution in [2.45, 2.75) is 115 Å². The molecule has 3 N–H and O–H groups in total. The highest BCUT2D eigenvalue weighted by Crippen LogP contribution is 2.41. The van der Waals surface area contributed by atoms with Crippen LogP contribution >= 0.6 is 0 Å². The first-order chi connectivity index (χ1) is 19.7. The first-order valence-corrected chi connectivity index (χ1v) is 16.5. The molecule has 0 spiro atoms. The van der Waals surface area contributed by atoms with Crippen molar-refractivity contribution >= 4 is 33.8 Å². The lowest BCUT2D eigenvalue weighted by Crippen LogP contribution is -2.60. The van der Waals surface area contributed by atoms with Gasteiger partial charge in [0.25, 0.3) is 5.91 Å². The molecular formula is C31H46N4O7S. The van der Waals surface area contributed by atoms with Gasteiger partial charge in [0.05, 0.1) is 5.25 Å². The lowest BCUT2D eigenvalue weighted by molar-refractivity contribution is -0.143. The number of ether oxygens (including phenoxy) is 1. The van der Waals surface area contributed by atoms with Gasteiger partial charge in [0.2, 0.25) is 21.8 Å². The van der Waals surface area contributed by atoms with Crippen molar-refractivity contribution in [2.24, 2.45) is 10.8 Å². The first kappa shape index (κ1) is 32.8. The highest BCUT2D eigenvalue weighted by atomic mass is 32.2. The number of benzene rings is 1. The number of carbonyl (C=O) groups excluding carboxylic acids is 4. The second kappa shape index (κ2) is 11.4. The fourth-order valence-electron chi connectivity index (χ4n) is 5.63. The molecule has 1 aromatic rings. The third-order valence-electron chi connectivity index (χ3n) is 8.19. The summed E-state index contributed by atoms with van der Waals surface area (Å²) in [4.78, 5) is 55.5. The highest BCUT2D eigenvalue weighted by molar-refractivity contribution is 7.91. The van der Waals surface area contributed by atoms with E-state index in [1.54, 1.807) is 20.8 Å². The van der Waals surface area contributed by atoms with Crippen LogP contribution in [0.3, 0.4) is 0 Å². The smallest absolute Gasteiger partial charge is 0.408 e. The predicted octanol–water partition coefficient (Wildman–Crippen LogP) is 3.03. The zero-order valence-corrected chi connectivity index (χ0v) is 27.1. The van der Waals surface area contributed by atoms with Crippen molar-refractivity contribution in [1.29, 1.82) is 0 Å². The van der Waals surface area contributed by atoms with Crippen molar-refractivity contribution in [3.05, 3.63) is 35.9 Å². The molecule has 43 heavy (non-hydrogen) atoms. The summed E-state index contributed by atoms with van der Waals surface area (Å²) in [5.41, 5.74) is -2.25. The number of nitrogens with zero attached hydrogens (tertiary/aromatic N) is 1. The van der Waals surface area contributed by atoms with Gasteiger partial charge in [-0.3, -0.25) is 19.1 Å². The minimum atomic E-state index is -3.78. The molecule has 3 atom stereocenters. The molecule has 4 rings (SSSR count). The Bertz CT molecular complexity index is 1360. The van der Waals surface area contributed by atoms with Crippen LogP contribution in [-0.4, -0.2) is 72.2 Å². The summed E-state index contributed by atoms with van der Waals surface area (Å²) in [6.45, 7) is 12.9. The molecule has 1 aliphatic heterocycles. The average Bonchev–Trinajstić information content (AvgIpc) is 3.79. The molecule has 1 aromatic carbocycles. The number of likely N-dealkylation sites (tertiary alicyclic amines) is 1. The third kappa shape index (κ3) is 8.07. The number of nitrogens with one attached hydrogen (secondary N) is 3. The number of alkyl carbamates (subject to hydrolysis) is 1. The van der Waals surface area contributed by atoms with Gasteiger partial charge in [0.15, 0.2) is 0 Å². The van der Waals surface area contributed by atoms with Gasteiger partial charge in [-0.05, 0) is 75.7 Å². The van der Waals surface area contributed by atoms with Crippen molar-refractivity contribution in [1.82, 2.24) is 20.3 Å². The Kier molecular flexibility index (Phi) is 8.69. The Morgan fingerprint density at radius 2 is 1.63 bits per heavy atom. The molecular weight excluding hydrogens is 572 g/mol. The van der Waals surface area contributed by atoms with Gasteiger partial charge in [0, 0.05) is 6.54 Å². The van der Waals surface area contributed by atoms with Gasteiger partial charge in [-0.2, -0.15) is 0 Å². The quantitative estimate of drug-likeness (QED) is 0.385. The number of amides is 4. The Morgan fingerprint density at radius 1 is 1.02 bits per heavy atom. The number of sulfonamides is 1. The Balaban J connectivity index is 1.59. The second-order valence-electron chi connectivity index (χ2n) is 14.9. The maximum Gasteiger partial charge on any atom is 0.408 e. The molecule has 0 unspecified atom stereocenters. The van der Waals surface area contributed by atoms with Crippen LogP contribution in [0.25, 0.3) is 0 Å². The van der Waals surface area contributed by atoms with Gasteiger partial charge < -0.3 is 20.3 Å². The number of hydrogen-bond donors (Lipinski definition) is 3. The summed E-state index contributed by atoms with van der Waals surface area (Å²) in [7, 11) is -3.78. The van der Waals surface area contributed by atoms with Crippen molar-refractivity contribution in [3.63, 3.8) is 0 Å². The molecule has 0 bridgehead atoms. The van der Waals surface area contributed by atoms with E-state index in [0.717, 1.165) is 5.56 Å². The normalized spacial score (nSPS) is 24.1. The number of carbonyl (C=O) groups is 4. The molecule has 4 amide bonds. The summed E-state index contributed by atoms with van der Waals surface area (Å²) in [5.74, 6) is -1.69. The summed E-state index contributed by atoms with van der Waals surface area (Å²) < 4.78 is 32.4. The van der Waals surface area contributed by atoms with Crippen LogP contribution in [0.5, 0.6) is 0 Å². The molecule has 0 radical (unpaired) electrons.